The number of aromatic nitrogens is 2. The second-order valence-corrected chi connectivity index (χ2v) is 9.67. The van der Waals surface area contributed by atoms with Gasteiger partial charge in [0.25, 0.3) is 5.91 Å². The Kier molecular flexibility index (Phi) is 6.38. The summed E-state index contributed by atoms with van der Waals surface area (Å²) in [6, 6.07) is 10.1. The lowest BCUT2D eigenvalue weighted by Crippen LogP contribution is -2.56. The van der Waals surface area contributed by atoms with E-state index in [1.807, 2.05) is 41.0 Å². The van der Waals surface area contributed by atoms with E-state index in [-0.39, 0.29) is 17.9 Å². The van der Waals surface area contributed by atoms with E-state index < -0.39 is 5.54 Å². The van der Waals surface area contributed by atoms with Crippen molar-refractivity contribution in [3.05, 3.63) is 53.3 Å². The summed E-state index contributed by atoms with van der Waals surface area (Å²) >= 11 is 0. The number of carbonyl (C=O) groups excluding carboxylic acids is 2. The molecule has 0 aliphatic carbocycles. The molecule has 0 bridgehead atoms. The summed E-state index contributed by atoms with van der Waals surface area (Å²) in [5, 5.41) is 4.35. The van der Waals surface area contributed by atoms with Crippen molar-refractivity contribution in [3.63, 3.8) is 0 Å². The van der Waals surface area contributed by atoms with Gasteiger partial charge in [0.2, 0.25) is 0 Å². The summed E-state index contributed by atoms with van der Waals surface area (Å²) in [7, 11) is 1.96. The zero-order chi connectivity index (χ0) is 22.9. The van der Waals surface area contributed by atoms with Crippen LogP contribution in [0.1, 0.15) is 43.5 Å². The number of carbonyl (C=O) groups is 2. The molecule has 7 nitrogen and oxygen atoms in total. The number of aryl methyl sites for hydroxylation is 1. The van der Waals surface area contributed by atoms with E-state index >= 15 is 0 Å². The maximum Gasteiger partial charge on any atom is 0.327 e. The Hall–Kier alpha value is -2.67. The Morgan fingerprint density at radius 3 is 2.38 bits per heavy atom. The van der Waals surface area contributed by atoms with Crippen LogP contribution in [0.2, 0.25) is 0 Å². The minimum Gasteiger partial charge on any atom is -0.309 e. The molecule has 3 amide bonds. The predicted octanol–water partition coefficient (Wildman–Crippen LogP) is 3.23. The van der Waals surface area contributed by atoms with Crippen LogP contribution in [-0.2, 0) is 24.8 Å². The van der Waals surface area contributed by atoms with Crippen LogP contribution >= 0.6 is 0 Å². The smallest absolute Gasteiger partial charge is 0.309 e. The Labute approximate surface area is 191 Å². The van der Waals surface area contributed by atoms with Crippen LogP contribution < -0.4 is 0 Å². The standard InChI is InChI=1S/C25H35N5O2/c1-19(2)17-29-23(31)25(30(24(29)32)13-10-21-8-6-5-7-9-21)11-14-28(15-12-25)18-22-16-26-27(4)20(22)3/h5-9,16,19H,10-15,17-18H2,1-4H3. The molecule has 1 aromatic heterocycles. The van der Waals surface area contributed by atoms with Gasteiger partial charge in [0.15, 0.2) is 0 Å². The molecular formula is C25H35N5O2. The van der Waals surface area contributed by atoms with Crippen LogP contribution in [0.5, 0.6) is 0 Å². The lowest BCUT2D eigenvalue weighted by molar-refractivity contribution is -0.136. The van der Waals surface area contributed by atoms with E-state index in [9.17, 15) is 9.59 Å². The number of nitrogens with zero attached hydrogens (tertiary/aromatic N) is 5. The second kappa shape index (κ2) is 9.06. The van der Waals surface area contributed by atoms with E-state index in [1.54, 1.807) is 0 Å². The molecule has 2 fully saturated rings. The molecule has 7 heteroatoms. The van der Waals surface area contributed by atoms with Gasteiger partial charge in [0, 0.05) is 51.0 Å². The lowest BCUT2D eigenvalue weighted by Gasteiger charge is -2.42. The molecule has 2 saturated heterocycles. The molecule has 0 saturated carbocycles. The molecule has 0 unspecified atom stereocenters. The molecule has 172 valence electrons. The van der Waals surface area contributed by atoms with E-state index in [0.29, 0.717) is 25.9 Å². The fourth-order valence-electron chi connectivity index (χ4n) is 5.01. The van der Waals surface area contributed by atoms with Gasteiger partial charge in [-0.15, -0.1) is 0 Å². The summed E-state index contributed by atoms with van der Waals surface area (Å²) in [6.07, 6.45) is 4.05. The highest BCUT2D eigenvalue weighted by Crippen LogP contribution is 2.38. The summed E-state index contributed by atoms with van der Waals surface area (Å²) in [5.74, 6) is 0.254. The third kappa shape index (κ3) is 4.18. The van der Waals surface area contributed by atoms with Crippen molar-refractivity contribution in [1.29, 1.82) is 0 Å². The van der Waals surface area contributed by atoms with Crippen molar-refractivity contribution in [2.75, 3.05) is 26.2 Å². The Balaban J connectivity index is 1.51. The molecule has 1 spiro atoms. The van der Waals surface area contributed by atoms with Crippen molar-refractivity contribution < 1.29 is 9.59 Å². The minimum atomic E-state index is -0.707. The molecule has 0 N–H and O–H groups in total. The van der Waals surface area contributed by atoms with Gasteiger partial charge in [0.05, 0.1) is 6.20 Å². The van der Waals surface area contributed by atoms with Gasteiger partial charge in [-0.2, -0.15) is 5.10 Å². The largest absolute Gasteiger partial charge is 0.327 e. The number of piperidine rings is 1. The maximum absolute atomic E-state index is 13.6. The first kappa shape index (κ1) is 22.5. The first-order chi connectivity index (χ1) is 15.3. The van der Waals surface area contributed by atoms with Gasteiger partial charge in [-0.05, 0) is 37.7 Å². The Morgan fingerprint density at radius 2 is 1.78 bits per heavy atom. The highest BCUT2D eigenvalue weighted by atomic mass is 16.2. The van der Waals surface area contributed by atoms with E-state index in [4.69, 9.17) is 0 Å². The summed E-state index contributed by atoms with van der Waals surface area (Å²) in [6.45, 7) is 9.68. The van der Waals surface area contributed by atoms with E-state index in [2.05, 4.69) is 42.9 Å². The van der Waals surface area contributed by atoms with Gasteiger partial charge in [-0.1, -0.05) is 44.2 Å². The van der Waals surface area contributed by atoms with Crippen LogP contribution in [0, 0.1) is 12.8 Å². The van der Waals surface area contributed by atoms with Gasteiger partial charge in [0.1, 0.15) is 5.54 Å². The fraction of sp³-hybridized carbons (Fsp3) is 0.560. The number of hydrogen-bond donors (Lipinski definition) is 0. The molecule has 2 aromatic rings. The van der Waals surface area contributed by atoms with Gasteiger partial charge in [-0.3, -0.25) is 19.3 Å². The van der Waals surface area contributed by atoms with Crippen LogP contribution in [0.3, 0.4) is 0 Å². The van der Waals surface area contributed by atoms with Crippen LogP contribution in [0.25, 0.3) is 0 Å². The molecule has 2 aliphatic heterocycles. The molecule has 3 heterocycles. The van der Waals surface area contributed by atoms with Gasteiger partial charge in [-0.25, -0.2) is 4.79 Å². The Bertz CT molecular complexity index is 960. The van der Waals surface area contributed by atoms with Crippen LogP contribution in [0.15, 0.2) is 36.5 Å². The van der Waals surface area contributed by atoms with Crippen molar-refractivity contribution in [2.24, 2.45) is 13.0 Å². The molecule has 4 rings (SSSR count). The van der Waals surface area contributed by atoms with E-state index in [0.717, 1.165) is 26.1 Å². The number of likely N-dealkylation sites (tertiary alicyclic amines) is 1. The zero-order valence-corrected chi connectivity index (χ0v) is 19.8. The molecular weight excluding hydrogens is 402 g/mol. The Morgan fingerprint density at radius 1 is 1.09 bits per heavy atom. The normalized spacial score (nSPS) is 19.0. The SMILES string of the molecule is Cc1c(CN2CCC3(CC2)C(=O)N(CC(C)C)C(=O)N3CCc2ccccc2)cnn1C. The highest BCUT2D eigenvalue weighted by Gasteiger charge is 2.57. The molecule has 0 radical (unpaired) electrons. The van der Waals surface area contributed by atoms with Crippen molar-refractivity contribution in [2.45, 2.75) is 52.1 Å². The third-order valence-corrected chi connectivity index (χ3v) is 7.05. The first-order valence-corrected chi connectivity index (χ1v) is 11.7. The first-order valence-electron chi connectivity index (χ1n) is 11.7. The molecule has 1 aromatic carbocycles. The maximum atomic E-state index is 13.6. The second-order valence-electron chi connectivity index (χ2n) is 9.67. The number of amides is 3. The number of imide groups is 1. The lowest BCUT2D eigenvalue weighted by atomic mass is 9.85. The van der Waals surface area contributed by atoms with Crippen molar-refractivity contribution >= 4 is 11.9 Å². The third-order valence-electron chi connectivity index (χ3n) is 7.05. The average Bonchev–Trinajstić information content (AvgIpc) is 3.19. The van der Waals surface area contributed by atoms with Crippen molar-refractivity contribution in [1.82, 2.24) is 24.5 Å². The fourth-order valence-corrected chi connectivity index (χ4v) is 5.01. The molecule has 2 aliphatic rings. The number of rotatable bonds is 7. The number of benzene rings is 1. The molecule has 0 atom stereocenters. The average molecular weight is 438 g/mol. The topological polar surface area (TPSA) is 61.7 Å². The minimum absolute atomic E-state index is 0.00136. The van der Waals surface area contributed by atoms with Gasteiger partial charge >= 0.3 is 6.03 Å². The quantitative estimate of drug-likeness (QED) is 0.624. The highest BCUT2D eigenvalue weighted by molar-refractivity contribution is 6.07. The predicted molar refractivity (Wildman–Crippen MR) is 124 cm³/mol. The van der Waals surface area contributed by atoms with Crippen LogP contribution in [0.4, 0.5) is 4.79 Å². The zero-order valence-electron chi connectivity index (χ0n) is 19.8. The van der Waals surface area contributed by atoms with Crippen LogP contribution in [-0.4, -0.2) is 68.1 Å². The summed E-state index contributed by atoms with van der Waals surface area (Å²) in [4.78, 5) is 32.8. The van der Waals surface area contributed by atoms with E-state index in [1.165, 1.54) is 21.7 Å². The monoisotopic (exact) mass is 437 g/mol. The number of urea groups is 1. The molecule has 32 heavy (non-hydrogen) atoms. The summed E-state index contributed by atoms with van der Waals surface area (Å²) in [5.41, 5.74) is 2.88. The summed E-state index contributed by atoms with van der Waals surface area (Å²) < 4.78 is 1.90. The number of hydrogen-bond acceptors (Lipinski definition) is 4. The van der Waals surface area contributed by atoms with Gasteiger partial charge < -0.3 is 4.90 Å². The van der Waals surface area contributed by atoms with Crippen molar-refractivity contribution in [3.8, 4) is 0 Å².